The average molecular weight is 330 g/mol. The first-order valence-corrected chi connectivity index (χ1v) is 7.17. The van der Waals surface area contributed by atoms with E-state index in [0.29, 0.717) is 0 Å². The third-order valence-electron chi connectivity index (χ3n) is 3.66. The van der Waals surface area contributed by atoms with Gasteiger partial charge in [-0.1, -0.05) is 22.0 Å². The zero-order valence-corrected chi connectivity index (χ0v) is 12.9. The van der Waals surface area contributed by atoms with Gasteiger partial charge in [-0.3, -0.25) is 4.90 Å². The number of methoxy groups -OCH3 is 2. The van der Waals surface area contributed by atoms with Gasteiger partial charge in [0.05, 0.1) is 19.8 Å². The molecule has 4 nitrogen and oxygen atoms in total. The summed E-state index contributed by atoms with van der Waals surface area (Å²) in [6.45, 7) is 1.78. The highest BCUT2D eigenvalue weighted by Gasteiger charge is 2.31. The van der Waals surface area contributed by atoms with Crippen molar-refractivity contribution in [3.05, 3.63) is 28.2 Å². The van der Waals surface area contributed by atoms with Gasteiger partial charge in [-0.15, -0.1) is 0 Å². The number of benzene rings is 1. The van der Waals surface area contributed by atoms with Crippen molar-refractivity contribution >= 4 is 15.9 Å². The Kier molecular flexibility index (Phi) is 5.21. The molecule has 0 saturated carbocycles. The molecule has 1 aromatic rings. The van der Waals surface area contributed by atoms with E-state index in [1.807, 2.05) is 12.1 Å². The summed E-state index contributed by atoms with van der Waals surface area (Å²) in [7, 11) is 3.40. The predicted molar refractivity (Wildman–Crippen MR) is 77.4 cm³/mol. The molecule has 2 rings (SSSR count). The van der Waals surface area contributed by atoms with E-state index in [9.17, 15) is 5.11 Å². The quantitative estimate of drug-likeness (QED) is 0.897. The van der Waals surface area contributed by atoms with Crippen LogP contribution in [0.15, 0.2) is 22.7 Å². The monoisotopic (exact) mass is 329 g/mol. The highest BCUT2D eigenvalue weighted by atomic mass is 79.9. The third-order valence-corrected chi connectivity index (χ3v) is 4.15. The molecule has 0 aliphatic carbocycles. The lowest BCUT2D eigenvalue weighted by atomic mass is 10.1. The minimum Gasteiger partial charge on any atom is -0.496 e. The molecule has 0 amide bonds. The van der Waals surface area contributed by atoms with Gasteiger partial charge in [0.15, 0.2) is 0 Å². The minimum absolute atomic E-state index is 0.165. The molecule has 0 radical (unpaired) electrons. The van der Waals surface area contributed by atoms with Gasteiger partial charge in [-0.05, 0) is 18.6 Å². The van der Waals surface area contributed by atoms with Gasteiger partial charge in [-0.25, -0.2) is 0 Å². The van der Waals surface area contributed by atoms with Gasteiger partial charge in [0, 0.05) is 36.3 Å². The molecule has 1 saturated heterocycles. The highest BCUT2D eigenvalue weighted by molar-refractivity contribution is 9.10. The molecule has 0 aromatic heterocycles. The van der Waals surface area contributed by atoms with E-state index in [0.717, 1.165) is 35.3 Å². The molecule has 1 heterocycles. The van der Waals surface area contributed by atoms with Crippen molar-refractivity contribution < 1.29 is 14.6 Å². The van der Waals surface area contributed by atoms with Crippen LogP contribution in [0.1, 0.15) is 12.0 Å². The Morgan fingerprint density at radius 2 is 2.21 bits per heavy atom. The van der Waals surface area contributed by atoms with Crippen molar-refractivity contribution in [2.45, 2.75) is 25.1 Å². The summed E-state index contributed by atoms with van der Waals surface area (Å²) < 4.78 is 11.8. The fourth-order valence-corrected chi connectivity index (χ4v) is 2.90. The van der Waals surface area contributed by atoms with Crippen LogP contribution >= 0.6 is 15.9 Å². The summed E-state index contributed by atoms with van der Waals surface area (Å²) in [5, 5.41) is 9.46. The summed E-state index contributed by atoms with van der Waals surface area (Å²) in [5.41, 5.74) is 1.13. The summed E-state index contributed by atoms with van der Waals surface area (Å²) >= 11 is 3.44. The van der Waals surface area contributed by atoms with Gasteiger partial charge < -0.3 is 14.6 Å². The lowest BCUT2D eigenvalue weighted by molar-refractivity contribution is 0.107. The molecular formula is C14H20BrNO3. The van der Waals surface area contributed by atoms with Gasteiger partial charge in [0.2, 0.25) is 0 Å². The van der Waals surface area contributed by atoms with Crippen LogP contribution in [-0.4, -0.2) is 49.5 Å². The maximum Gasteiger partial charge on any atom is 0.124 e. The maximum absolute atomic E-state index is 9.46. The van der Waals surface area contributed by atoms with Crippen molar-refractivity contribution in [2.24, 2.45) is 0 Å². The fraction of sp³-hybridized carbons (Fsp3) is 0.571. The molecule has 1 aliphatic heterocycles. The maximum atomic E-state index is 9.46. The van der Waals surface area contributed by atoms with Crippen LogP contribution in [0.25, 0.3) is 0 Å². The standard InChI is InChI=1S/C14H20BrNO3/c1-18-13-6-12(9-17)16(8-13)7-10-3-4-11(15)5-14(10)19-2/h3-5,12-13,17H,6-9H2,1-2H3/t12-,13+/m0/s1. The van der Waals surface area contributed by atoms with Crippen LogP contribution in [-0.2, 0) is 11.3 Å². The first-order valence-electron chi connectivity index (χ1n) is 6.38. The SMILES string of the molecule is COc1cc(Br)ccc1CN1C[C@H](OC)C[C@H]1CO. The third kappa shape index (κ3) is 3.48. The Morgan fingerprint density at radius 3 is 2.84 bits per heavy atom. The first-order chi connectivity index (χ1) is 9.17. The van der Waals surface area contributed by atoms with Crippen LogP contribution in [0.5, 0.6) is 5.75 Å². The second-order valence-corrected chi connectivity index (χ2v) is 5.73. The predicted octanol–water partition coefficient (Wildman–Crippen LogP) is 2.04. The Labute approximate surface area is 122 Å². The minimum atomic E-state index is 0.165. The number of likely N-dealkylation sites (tertiary alicyclic amines) is 1. The van der Waals surface area contributed by atoms with E-state index in [1.165, 1.54) is 0 Å². The molecule has 19 heavy (non-hydrogen) atoms. The molecule has 0 bridgehead atoms. The zero-order valence-electron chi connectivity index (χ0n) is 11.3. The molecule has 0 unspecified atom stereocenters. The Hall–Kier alpha value is -0.620. The van der Waals surface area contributed by atoms with E-state index in [2.05, 4.69) is 26.9 Å². The largest absolute Gasteiger partial charge is 0.496 e. The topological polar surface area (TPSA) is 41.9 Å². The summed E-state index contributed by atoms with van der Waals surface area (Å²) in [5.74, 6) is 0.868. The zero-order chi connectivity index (χ0) is 13.8. The summed E-state index contributed by atoms with van der Waals surface area (Å²) in [6.07, 6.45) is 1.09. The van der Waals surface area contributed by atoms with Crippen LogP contribution < -0.4 is 4.74 Å². The first kappa shape index (κ1) is 14.8. The smallest absolute Gasteiger partial charge is 0.124 e. The van der Waals surface area contributed by atoms with Crippen LogP contribution in [0.3, 0.4) is 0 Å². The lowest BCUT2D eigenvalue weighted by Crippen LogP contribution is -2.32. The van der Waals surface area contributed by atoms with Gasteiger partial charge in [0.25, 0.3) is 0 Å². The van der Waals surface area contributed by atoms with Crippen molar-refractivity contribution in [1.82, 2.24) is 4.90 Å². The summed E-state index contributed by atoms with van der Waals surface area (Å²) in [6, 6.07) is 6.19. The molecular weight excluding hydrogens is 310 g/mol. The van der Waals surface area contributed by atoms with Crippen LogP contribution in [0.4, 0.5) is 0 Å². The second-order valence-electron chi connectivity index (χ2n) is 4.82. The average Bonchev–Trinajstić information content (AvgIpc) is 2.83. The number of halogens is 1. The summed E-state index contributed by atoms with van der Waals surface area (Å²) in [4.78, 5) is 2.25. The van der Waals surface area contributed by atoms with Crippen molar-refractivity contribution in [2.75, 3.05) is 27.4 Å². The van der Waals surface area contributed by atoms with Crippen molar-refractivity contribution in [1.29, 1.82) is 0 Å². The fourth-order valence-electron chi connectivity index (χ4n) is 2.56. The Bertz CT molecular complexity index is 427. The number of aliphatic hydroxyl groups is 1. The number of hydrogen-bond acceptors (Lipinski definition) is 4. The van der Waals surface area contributed by atoms with E-state index in [4.69, 9.17) is 9.47 Å². The van der Waals surface area contributed by atoms with Gasteiger partial charge >= 0.3 is 0 Å². The number of aliphatic hydroxyl groups excluding tert-OH is 1. The normalized spacial score (nSPS) is 23.8. The molecule has 2 atom stereocenters. The van der Waals surface area contributed by atoms with E-state index in [-0.39, 0.29) is 18.8 Å². The second kappa shape index (κ2) is 6.70. The molecule has 1 aliphatic rings. The Morgan fingerprint density at radius 1 is 1.42 bits per heavy atom. The van der Waals surface area contributed by atoms with E-state index >= 15 is 0 Å². The number of rotatable bonds is 5. The number of nitrogens with zero attached hydrogens (tertiary/aromatic N) is 1. The van der Waals surface area contributed by atoms with E-state index in [1.54, 1.807) is 14.2 Å². The van der Waals surface area contributed by atoms with Crippen molar-refractivity contribution in [3.8, 4) is 5.75 Å². The molecule has 0 spiro atoms. The van der Waals surface area contributed by atoms with Gasteiger partial charge in [0.1, 0.15) is 5.75 Å². The van der Waals surface area contributed by atoms with Crippen molar-refractivity contribution in [3.63, 3.8) is 0 Å². The number of ether oxygens (including phenoxy) is 2. The Balaban J connectivity index is 2.12. The van der Waals surface area contributed by atoms with E-state index < -0.39 is 0 Å². The van der Waals surface area contributed by atoms with Gasteiger partial charge in [-0.2, -0.15) is 0 Å². The molecule has 1 aromatic carbocycles. The number of hydrogen-bond donors (Lipinski definition) is 1. The molecule has 1 N–H and O–H groups in total. The highest BCUT2D eigenvalue weighted by Crippen LogP contribution is 2.28. The molecule has 5 heteroatoms. The molecule has 1 fully saturated rings. The van der Waals surface area contributed by atoms with Crippen LogP contribution in [0.2, 0.25) is 0 Å². The van der Waals surface area contributed by atoms with Crippen LogP contribution in [0, 0.1) is 0 Å². The lowest BCUT2D eigenvalue weighted by Gasteiger charge is -2.23. The molecule has 106 valence electrons.